The van der Waals surface area contributed by atoms with Crippen LogP contribution in [0.2, 0.25) is 0 Å². The van der Waals surface area contributed by atoms with Crippen LogP contribution < -0.4 is 0 Å². The van der Waals surface area contributed by atoms with E-state index < -0.39 is 0 Å². The zero-order chi connectivity index (χ0) is 53.8. The van der Waals surface area contributed by atoms with E-state index in [0.717, 1.165) is 0 Å². The fourth-order valence-corrected chi connectivity index (χ4v) is 13.8. The molecule has 16 aromatic rings. The van der Waals surface area contributed by atoms with Crippen molar-refractivity contribution in [3.05, 3.63) is 302 Å². The predicted octanol–water partition coefficient (Wildman–Crippen LogP) is 22.6. The summed E-state index contributed by atoms with van der Waals surface area (Å²) in [6.45, 7) is 4.79. The minimum Gasteiger partial charge on any atom is -0.0622 e. The van der Waals surface area contributed by atoms with E-state index in [1.165, 1.54) is 164 Å². The van der Waals surface area contributed by atoms with Crippen LogP contribution >= 0.6 is 0 Å². The Hall–Kier alpha value is -10.1. The Kier molecular flexibility index (Phi) is 10.7. The molecule has 0 aromatic heterocycles. The number of benzene rings is 16. The monoisotopic (exact) mass is 1030 g/mol. The van der Waals surface area contributed by atoms with Gasteiger partial charge in [0.05, 0.1) is 0 Å². The van der Waals surface area contributed by atoms with E-state index in [1.54, 1.807) is 0 Å². The van der Waals surface area contributed by atoms with Gasteiger partial charge in [0.25, 0.3) is 0 Å². The summed E-state index contributed by atoms with van der Waals surface area (Å²) in [4.78, 5) is 0. The molecule has 0 unspecified atom stereocenters. The minimum atomic E-state index is -0.139. The van der Waals surface area contributed by atoms with Crippen LogP contribution in [0.5, 0.6) is 0 Å². The molecule has 0 heteroatoms. The third kappa shape index (κ3) is 7.67. The molecule has 0 nitrogen and oxygen atoms in total. The first-order valence-electron chi connectivity index (χ1n) is 28.4. The van der Waals surface area contributed by atoms with E-state index in [0.29, 0.717) is 0 Å². The summed E-state index contributed by atoms with van der Waals surface area (Å²) in [5, 5.41) is 18.5. The molecular formula is C81H54. The molecule has 0 saturated heterocycles. The van der Waals surface area contributed by atoms with Crippen molar-refractivity contribution in [1.29, 1.82) is 0 Å². The second-order valence-corrected chi connectivity index (χ2v) is 22.7. The van der Waals surface area contributed by atoms with Crippen LogP contribution in [-0.2, 0) is 5.41 Å². The van der Waals surface area contributed by atoms with Crippen molar-refractivity contribution in [1.82, 2.24) is 0 Å². The number of hydrogen-bond donors (Lipinski definition) is 0. The summed E-state index contributed by atoms with van der Waals surface area (Å²) in [5.41, 5.74) is 20.4. The lowest BCUT2D eigenvalue weighted by Crippen LogP contribution is -2.15. The summed E-state index contributed by atoms with van der Waals surface area (Å²) >= 11 is 0. The van der Waals surface area contributed by atoms with Crippen molar-refractivity contribution < 1.29 is 0 Å². The lowest BCUT2D eigenvalue weighted by atomic mass is 9.80. The van der Waals surface area contributed by atoms with Crippen LogP contribution in [0.15, 0.2) is 291 Å². The van der Waals surface area contributed by atoms with Gasteiger partial charge < -0.3 is 0 Å². The molecule has 0 amide bonds. The maximum Gasteiger partial charge on any atom is 0.0159 e. The standard InChI is InChI=1S/C49H34.C32H20/c1-49(2)45-29-36(40-27-38(31-10-5-3-6-11-31)26-39(28-40)32-12-7-4-8-13-32)20-23-42(45)43-24-21-37(30-46(43)49)41-22-18-35-17-16-33-14-9-15-34-19-25-44(41)48(35)47(33)34;1-2-9-27-21(5-1)6-4-10-28(27)22-11-13-23(14-12-22)29-19-17-26-16-15-24-7-3-8-25-18-20-30(29)32(26)31(24)25/h3-30H,1-2H3;1-20H. The first-order valence-corrected chi connectivity index (χ1v) is 28.4. The maximum absolute atomic E-state index is 2.46. The molecule has 0 aliphatic heterocycles. The Bertz CT molecular complexity index is 5010. The van der Waals surface area contributed by atoms with Crippen molar-refractivity contribution in [3.63, 3.8) is 0 Å². The highest BCUT2D eigenvalue weighted by Crippen LogP contribution is 2.52. The first-order chi connectivity index (χ1) is 39.9. The number of hydrogen-bond acceptors (Lipinski definition) is 0. The van der Waals surface area contributed by atoms with Crippen LogP contribution in [0.4, 0.5) is 0 Å². The first kappa shape index (κ1) is 46.9. The maximum atomic E-state index is 2.46. The summed E-state index contributed by atoms with van der Waals surface area (Å²) in [5.74, 6) is 0. The molecule has 0 bridgehead atoms. The van der Waals surface area contributed by atoms with Crippen LogP contribution in [0.3, 0.4) is 0 Å². The average Bonchev–Trinajstić information content (AvgIpc) is 3.74. The lowest BCUT2D eigenvalue weighted by Gasteiger charge is -2.23. The minimum absolute atomic E-state index is 0.139. The second kappa shape index (κ2) is 18.5. The molecule has 1 aliphatic carbocycles. The van der Waals surface area contributed by atoms with Gasteiger partial charge >= 0.3 is 0 Å². The van der Waals surface area contributed by atoms with Gasteiger partial charge in [-0.1, -0.05) is 275 Å². The van der Waals surface area contributed by atoms with Crippen molar-refractivity contribution in [2.45, 2.75) is 19.3 Å². The third-order valence-electron chi connectivity index (χ3n) is 17.8. The molecule has 17 rings (SSSR count). The molecule has 0 fully saturated rings. The zero-order valence-electron chi connectivity index (χ0n) is 45.2. The zero-order valence-corrected chi connectivity index (χ0v) is 45.2. The van der Waals surface area contributed by atoms with E-state index >= 15 is 0 Å². The van der Waals surface area contributed by atoms with Gasteiger partial charge in [-0.15, -0.1) is 0 Å². The molecule has 0 heterocycles. The highest BCUT2D eigenvalue weighted by Gasteiger charge is 2.36. The molecule has 0 N–H and O–H groups in total. The Morgan fingerprint density at radius 3 is 1.06 bits per heavy atom. The van der Waals surface area contributed by atoms with Crippen LogP contribution in [0.25, 0.3) is 153 Å². The SMILES string of the molecule is CC1(C)c2cc(-c3cc(-c4ccccc4)cc(-c4ccccc4)c3)ccc2-c2ccc(-c3ccc4ccc5cccc6ccc3c4c56)cc21.c1ccc2c(-c3ccc(-c4ccc5ccc6cccc7ccc4c5c67)cc3)cccc2c1. The van der Waals surface area contributed by atoms with Gasteiger partial charge in [-0.3, -0.25) is 0 Å². The van der Waals surface area contributed by atoms with E-state index in [4.69, 9.17) is 0 Å². The van der Waals surface area contributed by atoms with E-state index in [2.05, 4.69) is 305 Å². The fourth-order valence-electron chi connectivity index (χ4n) is 13.8. The molecule has 0 radical (unpaired) electrons. The van der Waals surface area contributed by atoms with E-state index in [9.17, 15) is 0 Å². The Labute approximate surface area is 472 Å². The number of fused-ring (bicyclic) bond motifs is 4. The lowest BCUT2D eigenvalue weighted by molar-refractivity contribution is 0.661. The van der Waals surface area contributed by atoms with Gasteiger partial charge in [0.1, 0.15) is 0 Å². The molecule has 378 valence electrons. The smallest absolute Gasteiger partial charge is 0.0159 e. The van der Waals surface area contributed by atoms with Crippen molar-refractivity contribution in [3.8, 4) is 77.9 Å². The molecular weight excluding hydrogens is 973 g/mol. The second-order valence-electron chi connectivity index (χ2n) is 22.7. The average molecular weight is 1030 g/mol. The van der Waals surface area contributed by atoms with Gasteiger partial charge in [-0.05, 0) is 195 Å². The highest BCUT2D eigenvalue weighted by atomic mass is 14.4. The van der Waals surface area contributed by atoms with Crippen molar-refractivity contribution in [2.24, 2.45) is 0 Å². The molecule has 1 aliphatic rings. The predicted molar refractivity (Wildman–Crippen MR) is 348 cm³/mol. The molecule has 0 saturated carbocycles. The summed E-state index contributed by atoms with van der Waals surface area (Å²) < 4.78 is 0. The van der Waals surface area contributed by atoms with Crippen molar-refractivity contribution >= 4 is 75.4 Å². The normalized spacial score (nSPS) is 12.7. The molecule has 81 heavy (non-hydrogen) atoms. The van der Waals surface area contributed by atoms with E-state index in [-0.39, 0.29) is 5.41 Å². The van der Waals surface area contributed by atoms with Gasteiger partial charge in [0, 0.05) is 5.41 Å². The quantitative estimate of drug-likeness (QED) is 0.146. The van der Waals surface area contributed by atoms with E-state index in [1.807, 2.05) is 0 Å². The van der Waals surface area contributed by atoms with Crippen LogP contribution in [0, 0.1) is 0 Å². The van der Waals surface area contributed by atoms with Gasteiger partial charge in [-0.2, -0.15) is 0 Å². The Balaban J connectivity index is 0.000000146. The van der Waals surface area contributed by atoms with Gasteiger partial charge in [0.15, 0.2) is 0 Å². The highest BCUT2D eigenvalue weighted by molar-refractivity contribution is 6.27. The largest absolute Gasteiger partial charge is 0.0622 e. The third-order valence-corrected chi connectivity index (χ3v) is 17.8. The summed E-state index contributed by atoms with van der Waals surface area (Å²) in [6.07, 6.45) is 0. The number of rotatable bonds is 6. The Morgan fingerprint density at radius 1 is 0.185 bits per heavy atom. The topological polar surface area (TPSA) is 0 Å². The van der Waals surface area contributed by atoms with Gasteiger partial charge in [-0.25, -0.2) is 0 Å². The fraction of sp³-hybridized carbons (Fsp3) is 0.0370. The summed E-state index contributed by atoms with van der Waals surface area (Å²) in [6, 6.07) is 108. The van der Waals surface area contributed by atoms with Crippen LogP contribution in [0.1, 0.15) is 25.0 Å². The Morgan fingerprint density at radius 2 is 0.531 bits per heavy atom. The van der Waals surface area contributed by atoms with Crippen molar-refractivity contribution in [2.75, 3.05) is 0 Å². The molecule has 0 spiro atoms. The molecule has 0 atom stereocenters. The molecule has 16 aromatic carbocycles. The van der Waals surface area contributed by atoms with Crippen LogP contribution in [-0.4, -0.2) is 0 Å². The summed E-state index contributed by atoms with van der Waals surface area (Å²) in [7, 11) is 0. The van der Waals surface area contributed by atoms with Gasteiger partial charge in [0.2, 0.25) is 0 Å².